The maximum Gasteiger partial charge on any atom is 0.416 e. The molecule has 2 aromatic heterocycles. The van der Waals surface area contributed by atoms with Gasteiger partial charge in [-0.1, -0.05) is 48.5 Å². The number of rotatable bonds is 13. The summed E-state index contributed by atoms with van der Waals surface area (Å²) in [6.07, 6.45) is -7.09. The van der Waals surface area contributed by atoms with E-state index < -0.39 is 47.5 Å². The zero-order chi connectivity index (χ0) is 44.8. The quantitative estimate of drug-likeness (QED) is 0.0985. The topological polar surface area (TPSA) is 174 Å². The number of aryl methyl sites for hydroxylation is 3. The van der Waals surface area contributed by atoms with Crippen molar-refractivity contribution in [2.24, 2.45) is 0 Å². The van der Waals surface area contributed by atoms with Crippen LogP contribution >= 0.6 is 11.3 Å². The summed E-state index contributed by atoms with van der Waals surface area (Å²) in [4.78, 5) is 56.1. The summed E-state index contributed by atoms with van der Waals surface area (Å²) in [5.74, 6) is -5.59. The van der Waals surface area contributed by atoms with E-state index >= 15 is 0 Å². The van der Waals surface area contributed by atoms with Crippen molar-refractivity contribution in [2.75, 3.05) is 13.1 Å². The molecule has 1 saturated heterocycles. The molecule has 18 heteroatoms. The first-order chi connectivity index (χ1) is 28.7. The number of fused-ring (bicyclic) bond motifs is 1. The fourth-order valence-electron chi connectivity index (χ4n) is 7.06. The van der Waals surface area contributed by atoms with Crippen molar-refractivity contribution in [2.45, 2.75) is 90.0 Å². The molecule has 1 aliphatic rings. The van der Waals surface area contributed by atoms with Gasteiger partial charge in [0, 0.05) is 43.5 Å². The molecule has 0 bridgehead atoms. The third-order valence-corrected chi connectivity index (χ3v) is 11.4. The first kappa shape index (κ1) is 46.5. The number of carbonyl (C=O) groups is 3. The van der Waals surface area contributed by atoms with Gasteiger partial charge in [0.15, 0.2) is 29.5 Å². The molecule has 6 rings (SSSR count). The smallest absolute Gasteiger partial charge is 0.416 e. The van der Waals surface area contributed by atoms with Crippen LogP contribution in [0, 0.1) is 18.6 Å². The number of likely N-dealkylation sites (tertiary alicyclic amines) is 1. The number of carboxylic acids is 2. The number of thiazole rings is 1. The average Bonchev–Trinajstić information content (AvgIpc) is 3.63. The van der Waals surface area contributed by atoms with Crippen molar-refractivity contribution in [1.82, 2.24) is 19.4 Å². The molecule has 0 spiro atoms. The zero-order valence-corrected chi connectivity index (χ0v) is 34.2. The monoisotopic (exact) mass is 872 g/mol. The maximum absolute atomic E-state index is 14.6. The van der Waals surface area contributed by atoms with Crippen LogP contribution in [0.1, 0.15) is 54.1 Å². The van der Waals surface area contributed by atoms with Gasteiger partial charge in [-0.3, -0.25) is 9.59 Å². The number of halogens is 5. The molecule has 2 atom stereocenters. The summed E-state index contributed by atoms with van der Waals surface area (Å²) in [5, 5.41) is 33.2. The maximum atomic E-state index is 14.6. The molecule has 61 heavy (non-hydrogen) atoms. The van der Waals surface area contributed by atoms with Crippen molar-refractivity contribution in [3.05, 3.63) is 122 Å². The summed E-state index contributed by atoms with van der Waals surface area (Å²) < 4.78 is 70.0. The lowest BCUT2D eigenvalue weighted by Gasteiger charge is -2.40. The zero-order valence-electron chi connectivity index (χ0n) is 33.4. The Kier molecular flexibility index (Phi) is 15.2. The summed E-state index contributed by atoms with van der Waals surface area (Å²) in [6, 6.07) is 18.3. The van der Waals surface area contributed by atoms with E-state index in [1.807, 2.05) is 29.2 Å². The van der Waals surface area contributed by atoms with Gasteiger partial charge in [-0.15, -0.1) is 11.3 Å². The Hall–Kier alpha value is -5.56. The van der Waals surface area contributed by atoms with E-state index in [1.54, 1.807) is 11.5 Å². The fraction of sp³-hybridized carbons (Fsp3) is 0.372. The van der Waals surface area contributed by atoms with Crippen molar-refractivity contribution >= 4 is 39.5 Å². The second-order valence-corrected chi connectivity index (χ2v) is 16.1. The Bertz CT molecular complexity index is 2380. The van der Waals surface area contributed by atoms with Gasteiger partial charge in [0.2, 0.25) is 11.3 Å². The first-order valence-corrected chi connectivity index (χ1v) is 20.1. The van der Waals surface area contributed by atoms with Gasteiger partial charge in [-0.05, 0) is 86.9 Å². The molecule has 12 nitrogen and oxygen atoms in total. The van der Waals surface area contributed by atoms with Crippen molar-refractivity contribution in [3.8, 4) is 11.1 Å². The lowest BCUT2D eigenvalue weighted by atomic mass is 9.99. The number of benzene rings is 3. The molecule has 5 aromatic rings. The number of aliphatic hydroxyl groups is 2. The Morgan fingerprint density at radius 3 is 2.00 bits per heavy atom. The summed E-state index contributed by atoms with van der Waals surface area (Å²) in [5.41, 5.74) is 2.39. The molecule has 0 radical (unpaired) electrons. The van der Waals surface area contributed by atoms with Gasteiger partial charge < -0.3 is 34.8 Å². The van der Waals surface area contributed by atoms with Crippen molar-refractivity contribution in [3.63, 3.8) is 0 Å². The number of nitrogens with zero attached hydrogens (tertiary/aromatic N) is 4. The second kappa shape index (κ2) is 19.9. The van der Waals surface area contributed by atoms with Gasteiger partial charge in [0.25, 0.3) is 0 Å². The number of aromatic nitrogens is 2. The van der Waals surface area contributed by atoms with Crippen LogP contribution in [0.5, 0.6) is 0 Å². The van der Waals surface area contributed by atoms with Gasteiger partial charge >= 0.3 is 18.1 Å². The number of carbonyl (C=O) groups excluding carboxylic acids is 1. The predicted octanol–water partition coefficient (Wildman–Crippen LogP) is 6.29. The minimum absolute atomic E-state index is 0.0565. The number of amides is 1. The molecule has 4 N–H and O–H groups in total. The number of piperidine rings is 1. The van der Waals surface area contributed by atoms with E-state index in [9.17, 15) is 41.1 Å². The van der Waals surface area contributed by atoms with E-state index in [4.69, 9.17) is 20.4 Å². The second-order valence-electron chi connectivity index (χ2n) is 14.9. The van der Waals surface area contributed by atoms with Crippen LogP contribution in [0.25, 0.3) is 21.5 Å². The molecule has 3 heterocycles. The minimum Gasteiger partial charge on any atom is -0.479 e. The predicted molar refractivity (Wildman–Crippen MR) is 217 cm³/mol. The van der Waals surface area contributed by atoms with Crippen LogP contribution < -0.4 is 5.43 Å². The van der Waals surface area contributed by atoms with Crippen molar-refractivity contribution in [1.29, 1.82) is 0 Å². The highest BCUT2D eigenvalue weighted by molar-refractivity contribution is 7.18. The van der Waals surface area contributed by atoms with Crippen LogP contribution in [0.2, 0.25) is 0 Å². The number of aliphatic carboxylic acids is 2. The molecule has 0 saturated carbocycles. The van der Waals surface area contributed by atoms with E-state index in [2.05, 4.69) is 23.7 Å². The number of pyridine rings is 1. The van der Waals surface area contributed by atoms with E-state index in [-0.39, 0.29) is 42.3 Å². The Balaban J connectivity index is 0.000000626. The van der Waals surface area contributed by atoms with E-state index in [0.29, 0.717) is 39.2 Å². The van der Waals surface area contributed by atoms with Crippen LogP contribution in [0.15, 0.2) is 77.6 Å². The number of carboxylic acid groups (broad SMARTS) is 2. The van der Waals surface area contributed by atoms with Gasteiger partial charge in [-0.2, -0.15) is 13.2 Å². The summed E-state index contributed by atoms with van der Waals surface area (Å²) in [6.45, 7) is 7.96. The molecule has 3 aromatic carbocycles. The molecular weight excluding hydrogens is 828 g/mol. The lowest BCUT2D eigenvalue weighted by Crippen LogP contribution is -2.49. The summed E-state index contributed by atoms with van der Waals surface area (Å²) in [7, 11) is 0. The number of alkyl halides is 3. The highest BCUT2D eigenvalue weighted by atomic mass is 32.1. The molecule has 1 aliphatic heterocycles. The van der Waals surface area contributed by atoms with Gasteiger partial charge in [0.05, 0.1) is 10.6 Å². The molecule has 0 unspecified atom stereocenters. The lowest BCUT2D eigenvalue weighted by molar-refractivity contribution is -0.165. The number of hydrogen-bond acceptors (Lipinski definition) is 9. The minimum atomic E-state index is -4.41. The van der Waals surface area contributed by atoms with Gasteiger partial charge in [0.1, 0.15) is 11.2 Å². The van der Waals surface area contributed by atoms with E-state index in [0.717, 1.165) is 55.3 Å². The Morgan fingerprint density at radius 2 is 1.46 bits per heavy atom. The van der Waals surface area contributed by atoms with Crippen LogP contribution in [-0.4, -0.2) is 95.0 Å². The molecule has 1 fully saturated rings. The largest absolute Gasteiger partial charge is 0.479 e. The molecule has 326 valence electrons. The first-order valence-electron chi connectivity index (χ1n) is 19.3. The van der Waals surface area contributed by atoms with Gasteiger partial charge in [-0.25, -0.2) is 23.4 Å². The van der Waals surface area contributed by atoms with Crippen LogP contribution in [0.4, 0.5) is 22.0 Å². The average molecular weight is 873 g/mol. The third-order valence-electron chi connectivity index (χ3n) is 10.5. The number of aliphatic hydroxyl groups excluding tert-OH is 2. The third kappa shape index (κ3) is 11.6. The molecular formula is C43H45F5N4O8S. The van der Waals surface area contributed by atoms with E-state index in [1.165, 1.54) is 41.7 Å². The van der Waals surface area contributed by atoms with Crippen LogP contribution in [-0.2, 0) is 46.5 Å². The summed E-state index contributed by atoms with van der Waals surface area (Å²) >= 11 is 1.25. The molecule has 1 amide bonds. The Labute approximate surface area is 351 Å². The standard InChI is InChI=1S/C39H39F5N4O2S.C4H6O6/c1-24(2)46-19-17-31(18-20-46)47(22-26-7-9-27(10-8-26)28-11-14-30(15-12-28)39(42,43)44)35(50)23-48-32(16-13-29-5-4-6-33(40)36(29)41)21-34(49)37-38(48)45-25(3)51-37;5-1(3(7)8)2(6)4(9)10/h4-12,14-15,21,24,31H,13,16-20,22-23H2,1-3H3;1-2,5-6H,(H,7,8)(H,9,10)/t;1-,2-/m.1/s1. The number of hydrogen-bond donors (Lipinski definition) is 4. The highest BCUT2D eigenvalue weighted by Crippen LogP contribution is 2.31. The SMILES string of the molecule is Cc1nc2c(s1)c(=O)cc(CCc1cccc(F)c1F)n2CC(=O)N(Cc1ccc(-c2ccc(C(F)(F)F)cc2)cc1)C1CCN(C(C)C)CC1.O=C(O)[C@H](O)[C@@H](O)C(=O)O. The highest BCUT2D eigenvalue weighted by Gasteiger charge is 2.32. The fourth-order valence-corrected chi connectivity index (χ4v) is 7.89. The van der Waals surface area contributed by atoms with Crippen LogP contribution in [0.3, 0.4) is 0 Å². The van der Waals surface area contributed by atoms with Crippen molar-refractivity contribution < 1.29 is 56.8 Å². The molecule has 0 aliphatic carbocycles. The Morgan fingerprint density at radius 1 is 0.885 bits per heavy atom. The normalized spacial score (nSPS) is 14.7.